The van der Waals surface area contributed by atoms with E-state index in [1.165, 1.54) is 12.1 Å². The van der Waals surface area contributed by atoms with Crippen LogP contribution in [0.1, 0.15) is 25.3 Å². The van der Waals surface area contributed by atoms with Gasteiger partial charge in [0.1, 0.15) is 11.6 Å². The van der Waals surface area contributed by atoms with Crippen molar-refractivity contribution >= 4 is 5.91 Å². The van der Waals surface area contributed by atoms with Crippen LogP contribution in [0, 0.1) is 23.5 Å². The highest BCUT2D eigenvalue weighted by Gasteiger charge is 2.38. The third kappa shape index (κ3) is 3.07. The van der Waals surface area contributed by atoms with Crippen molar-refractivity contribution in [1.82, 2.24) is 10.2 Å². The second-order valence-electron chi connectivity index (χ2n) is 6.14. The minimum atomic E-state index is -0.588. The maximum Gasteiger partial charge on any atom is 0.226 e. The lowest BCUT2D eigenvalue weighted by Crippen LogP contribution is -2.50. The fourth-order valence-corrected chi connectivity index (χ4v) is 2.73. The predicted molar refractivity (Wildman–Crippen MR) is 75.5 cm³/mol. The molecule has 1 aromatic carbocycles. The molecule has 1 aliphatic heterocycles. The van der Waals surface area contributed by atoms with E-state index >= 15 is 0 Å². The summed E-state index contributed by atoms with van der Waals surface area (Å²) in [6, 6.07) is 3.78. The molecule has 21 heavy (non-hydrogen) atoms. The number of halogens is 2. The highest BCUT2D eigenvalue weighted by molar-refractivity contribution is 5.79. The van der Waals surface area contributed by atoms with Crippen LogP contribution in [0.15, 0.2) is 18.2 Å². The molecule has 1 saturated carbocycles. The summed E-state index contributed by atoms with van der Waals surface area (Å²) in [4.78, 5) is 14.4. The quantitative estimate of drug-likeness (QED) is 0.904. The molecule has 1 saturated heterocycles. The van der Waals surface area contributed by atoms with Gasteiger partial charge in [-0.05, 0) is 37.9 Å². The molecule has 3 rings (SSSR count). The van der Waals surface area contributed by atoms with E-state index in [0.29, 0.717) is 11.5 Å². The summed E-state index contributed by atoms with van der Waals surface area (Å²) in [7, 11) is 0. The van der Waals surface area contributed by atoms with Gasteiger partial charge in [0.2, 0.25) is 5.91 Å². The van der Waals surface area contributed by atoms with Gasteiger partial charge >= 0.3 is 0 Å². The molecule has 1 atom stereocenters. The largest absolute Gasteiger partial charge is 0.335 e. The lowest BCUT2D eigenvalue weighted by atomic mass is 9.87. The van der Waals surface area contributed by atoms with Gasteiger partial charge in [0.15, 0.2) is 0 Å². The number of amides is 1. The zero-order valence-electron chi connectivity index (χ0n) is 12.1. The van der Waals surface area contributed by atoms with Crippen LogP contribution in [0.2, 0.25) is 0 Å². The molecule has 3 nitrogen and oxygen atoms in total. The molecule has 1 aliphatic carbocycles. The van der Waals surface area contributed by atoms with Gasteiger partial charge in [-0.1, -0.05) is 13.0 Å². The summed E-state index contributed by atoms with van der Waals surface area (Å²) in [5.74, 6) is -0.749. The van der Waals surface area contributed by atoms with Gasteiger partial charge in [-0.25, -0.2) is 8.78 Å². The van der Waals surface area contributed by atoms with Crippen molar-refractivity contribution in [2.75, 3.05) is 13.1 Å². The summed E-state index contributed by atoms with van der Waals surface area (Å²) < 4.78 is 26.8. The number of carbonyl (C=O) groups excluding carboxylic acids is 1. The fourth-order valence-electron chi connectivity index (χ4n) is 2.73. The Balaban J connectivity index is 1.73. The van der Waals surface area contributed by atoms with Gasteiger partial charge in [0, 0.05) is 30.1 Å². The van der Waals surface area contributed by atoms with Crippen LogP contribution in [0.5, 0.6) is 0 Å². The molecule has 0 aromatic heterocycles. The van der Waals surface area contributed by atoms with Crippen molar-refractivity contribution in [1.29, 1.82) is 0 Å². The van der Waals surface area contributed by atoms with Gasteiger partial charge in [-0.15, -0.1) is 0 Å². The van der Waals surface area contributed by atoms with Crippen LogP contribution < -0.4 is 5.32 Å². The first-order chi connectivity index (χ1) is 10.1. The summed E-state index contributed by atoms with van der Waals surface area (Å²) in [5, 5.41) is 3.17. The Bertz CT molecular complexity index is 541. The van der Waals surface area contributed by atoms with E-state index in [4.69, 9.17) is 0 Å². The lowest BCUT2D eigenvalue weighted by Gasteiger charge is -2.35. The summed E-state index contributed by atoms with van der Waals surface area (Å²) in [6.45, 7) is 3.93. The molecule has 2 fully saturated rings. The van der Waals surface area contributed by atoms with Crippen LogP contribution in [0.25, 0.3) is 0 Å². The van der Waals surface area contributed by atoms with Crippen LogP contribution in [-0.4, -0.2) is 29.9 Å². The molecular formula is C16H20F2N2O. The maximum absolute atomic E-state index is 13.8. The zero-order chi connectivity index (χ0) is 15.0. The summed E-state index contributed by atoms with van der Waals surface area (Å²) in [5.41, 5.74) is 0.385. The fraction of sp³-hybridized carbons (Fsp3) is 0.562. The summed E-state index contributed by atoms with van der Waals surface area (Å²) >= 11 is 0. The SMILES string of the molecule is CC(C(=O)N(Cc1ccc(F)cc1F)C1CC1)C1CNC1. The third-order valence-electron chi connectivity index (χ3n) is 4.54. The second-order valence-corrected chi connectivity index (χ2v) is 6.14. The monoisotopic (exact) mass is 294 g/mol. The maximum atomic E-state index is 13.8. The van der Waals surface area contributed by atoms with Crippen LogP contribution in [0.3, 0.4) is 0 Å². The normalized spacial score (nSPS) is 20.0. The number of benzene rings is 1. The van der Waals surface area contributed by atoms with Crippen molar-refractivity contribution in [3.63, 3.8) is 0 Å². The van der Waals surface area contributed by atoms with Crippen molar-refractivity contribution in [2.24, 2.45) is 11.8 Å². The Kier molecular flexibility index (Phi) is 3.93. The first-order valence-corrected chi connectivity index (χ1v) is 7.51. The predicted octanol–water partition coefficient (Wildman–Crippen LogP) is 2.31. The number of rotatable bonds is 5. The number of hydrogen-bond donors (Lipinski definition) is 1. The minimum Gasteiger partial charge on any atom is -0.335 e. The van der Waals surface area contributed by atoms with Crippen molar-refractivity contribution in [3.05, 3.63) is 35.4 Å². The Hall–Kier alpha value is -1.49. The molecule has 114 valence electrons. The van der Waals surface area contributed by atoms with E-state index in [9.17, 15) is 13.6 Å². The van der Waals surface area contributed by atoms with Crippen molar-refractivity contribution in [2.45, 2.75) is 32.4 Å². The van der Waals surface area contributed by atoms with Crippen LogP contribution in [-0.2, 0) is 11.3 Å². The molecule has 0 bridgehead atoms. The minimum absolute atomic E-state index is 0.0460. The number of nitrogens with one attached hydrogen (secondary N) is 1. The van der Waals surface area contributed by atoms with E-state index in [0.717, 1.165) is 32.0 Å². The first kappa shape index (κ1) is 14.4. The third-order valence-corrected chi connectivity index (χ3v) is 4.54. The molecule has 2 aliphatic rings. The average Bonchev–Trinajstić information content (AvgIpc) is 3.19. The van der Waals surface area contributed by atoms with Gasteiger partial charge in [0.05, 0.1) is 0 Å². The van der Waals surface area contributed by atoms with Crippen LogP contribution >= 0.6 is 0 Å². The molecular weight excluding hydrogens is 274 g/mol. The molecule has 1 amide bonds. The molecule has 1 unspecified atom stereocenters. The molecule has 1 N–H and O–H groups in total. The highest BCUT2D eigenvalue weighted by Crippen LogP contribution is 2.32. The van der Waals surface area contributed by atoms with Gasteiger partial charge in [-0.2, -0.15) is 0 Å². The number of nitrogens with zero attached hydrogens (tertiary/aromatic N) is 1. The lowest BCUT2D eigenvalue weighted by molar-refractivity contribution is -0.138. The Morgan fingerprint density at radius 1 is 1.38 bits per heavy atom. The second kappa shape index (κ2) is 5.72. The van der Waals surface area contributed by atoms with E-state index in [1.54, 1.807) is 4.90 Å². The highest BCUT2D eigenvalue weighted by atomic mass is 19.1. The first-order valence-electron chi connectivity index (χ1n) is 7.51. The van der Waals surface area contributed by atoms with Gasteiger partial charge in [0.25, 0.3) is 0 Å². The average molecular weight is 294 g/mol. The van der Waals surface area contributed by atoms with Gasteiger partial charge in [-0.3, -0.25) is 4.79 Å². The molecule has 0 radical (unpaired) electrons. The van der Waals surface area contributed by atoms with E-state index in [1.807, 2.05) is 6.92 Å². The number of hydrogen-bond acceptors (Lipinski definition) is 2. The van der Waals surface area contributed by atoms with Gasteiger partial charge < -0.3 is 10.2 Å². The van der Waals surface area contributed by atoms with E-state index in [2.05, 4.69) is 5.32 Å². The Morgan fingerprint density at radius 2 is 2.10 bits per heavy atom. The molecule has 0 spiro atoms. The topological polar surface area (TPSA) is 32.3 Å². The Morgan fingerprint density at radius 3 is 2.62 bits per heavy atom. The van der Waals surface area contributed by atoms with E-state index in [-0.39, 0.29) is 24.4 Å². The smallest absolute Gasteiger partial charge is 0.226 e. The standard InChI is InChI=1S/C16H20F2N2O/c1-10(12-7-19-8-12)16(21)20(14-4-5-14)9-11-2-3-13(17)6-15(11)18/h2-3,6,10,12,14,19H,4-5,7-9H2,1H3. The van der Waals surface area contributed by atoms with Crippen molar-refractivity contribution in [3.8, 4) is 0 Å². The molecule has 1 aromatic rings. The molecule has 1 heterocycles. The summed E-state index contributed by atoms with van der Waals surface area (Å²) in [6.07, 6.45) is 1.95. The Labute approximate surface area is 123 Å². The molecule has 5 heteroatoms. The number of carbonyl (C=O) groups is 1. The van der Waals surface area contributed by atoms with Crippen molar-refractivity contribution < 1.29 is 13.6 Å². The van der Waals surface area contributed by atoms with Crippen LogP contribution in [0.4, 0.5) is 8.78 Å². The zero-order valence-corrected chi connectivity index (χ0v) is 12.1. The van der Waals surface area contributed by atoms with E-state index < -0.39 is 11.6 Å².